The number of aryl methyl sites for hydroxylation is 1. The van der Waals surface area contributed by atoms with Crippen LogP contribution in [0.1, 0.15) is 12.1 Å². The molecule has 0 saturated carbocycles. The number of thiazole rings is 1. The number of hydrogen-bond donors (Lipinski definition) is 1. The molecule has 2 aromatic rings. The van der Waals surface area contributed by atoms with E-state index in [1.807, 2.05) is 24.3 Å². The maximum Gasteiger partial charge on any atom is 0.125 e. The molecule has 84 valence electrons. The third-order valence-corrected chi connectivity index (χ3v) is 3.55. The van der Waals surface area contributed by atoms with E-state index in [9.17, 15) is 0 Å². The zero-order valence-corrected chi connectivity index (χ0v) is 10.4. The van der Waals surface area contributed by atoms with Crippen molar-refractivity contribution >= 4 is 22.9 Å². The molecule has 0 aliphatic rings. The number of aromatic nitrogens is 1. The summed E-state index contributed by atoms with van der Waals surface area (Å²) in [5.74, 6) is 0. The Morgan fingerprint density at radius 2 is 2.12 bits per heavy atom. The van der Waals surface area contributed by atoms with Gasteiger partial charge in [0.05, 0.1) is 10.7 Å². The molecule has 1 aromatic carbocycles. The normalized spacial score (nSPS) is 10.6. The Kier molecular flexibility index (Phi) is 3.93. The van der Waals surface area contributed by atoms with E-state index in [0.717, 1.165) is 34.1 Å². The predicted octanol–water partition coefficient (Wildman–Crippen LogP) is 3.35. The Morgan fingerprint density at radius 1 is 1.31 bits per heavy atom. The molecule has 2 rings (SSSR count). The summed E-state index contributed by atoms with van der Waals surface area (Å²) in [6.07, 6.45) is 1.92. The monoisotopic (exact) mass is 252 g/mol. The van der Waals surface area contributed by atoms with Crippen LogP contribution in [0.2, 0.25) is 5.02 Å². The molecule has 2 N–H and O–H groups in total. The van der Waals surface area contributed by atoms with Crippen molar-refractivity contribution < 1.29 is 0 Å². The standard InChI is InChI=1S/C12H13ClN2S/c13-11-6-2-1-5-10(11)12-15-9(8-16-12)4-3-7-14/h1-2,5-6,8H,3-4,7,14H2. The first-order valence-corrected chi connectivity index (χ1v) is 6.46. The SMILES string of the molecule is NCCCc1csc(-c2ccccc2Cl)n1. The average Bonchev–Trinajstić information content (AvgIpc) is 2.75. The Labute approximate surface area is 104 Å². The van der Waals surface area contributed by atoms with Crippen LogP contribution in [0.15, 0.2) is 29.6 Å². The third kappa shape index (κ3) is 2.61. The quantitative estimate of drug-likeness (QED) is 0.906. The van der Waals surface area contributed by atoms with E-state index in [4.69, 9.17) is 17.3 Å². The van der Waals surface area contributed by atoms with Crippen molar-refractivity contribution in [1.82, 2.24) is 4.98 Å². The van der Waals surface area contributed by atoms with E-state index in [0.29, 0.717) is 6.54 Å². The molecule has 16 heavy (non-hydrogen) atoms. The van der Waals surface area contributed by atoms with Crippen LogP contribution < -0.4 is 5.73 Å². The van der Waals surface area contributed by atoms with E-state index in [-0.39, 0.29) is 0 Å². The average molecular weight is 253 g/mol. The molecule has 0 aliphatic heterocycles. The molecule has 0 fully saturated rings. The molecule has 0 bridgehead atoms. The number of halogens is 1. The molecule has 0 saturated heterocycles. The van der Waals surface area contributed by atoms with Gasteiger partial charge in [0.15, 0.2) is 0 Å². The lowest BCUT2D eigenvalue weighted by Crippen LogP contribution is -2.00. The lowest BCUT2D eigenvalue weighted by molar-refractivity contribution is 0.816. The van der Waals surface area contributed by atoms with Gasteiger partial charge in [-0.25, -0.2) is 4.98 Å². The minimum Gasteiger partial charge on any atom is -0.330 e. The molecule has 0 spiro atoms. The molecule has 0 amide bonds. The van der Waals surface area contributed by atoms with E-state index < -0.39 is 0 Å². The van der Waals surface area contributed by atoms with E-state index in [1.165, 1.54) is 0 Å². The van der Waals surface area contributed by atoms with Crippen molar-refractivity contribution in [2.75, 3.05) is 6.54 Å². The molecule has 1 aromatic heterocycles. The van der Waals surface area contributed by atoms with Crippen LogP contribution in [-0.4, -0.2) is 11.5 Å². The minimum atomic E-state index is 0.707. The maximum atomic E-state index is 6.12. The fourth-order valence-corrected chi connectivity index (χ4v) is 2.64. The van der Waals surface area contributed by atoms with Gasteiger partial charge in [0.1, 0.15) is 5.01 Å². The third-order valence-electron chi connectivity index (χ3n) is 2.29. The van der Waals surface area contributed by atoms with Crippen LogP contribution in [0.25, 0.3) is 10.6 Å². The Morgan fingerprint density at radius 3 is 2.88 bits per heavy atom. The van der Waals surface area contributed by atoms with Gasteiger partial charge in [0, 0.05) is 10.9 Å². The second-order valence-corrected chi connectivity index (χ2v) is 4.78. The Hall–Kier alpha value is -0.900. The Balaban J connectivity index is 2.22. The zero-order chi connectivity index (χ0) is 11.4. The van der Waals surface area contributed by atoms with Gasteiger partial charge in [-0.05, 0) is 25.5 Å². The summed E-state index contributed by atoms with van der Waals surface area (Å²) >= 11 is 7.75. The van der Waals surface area contributed by atoms with Gasteiger partial charge in [-0.2, -0.15) is 0 Å². The van der Waals surface area contributed by atoms with E-state index in [1.54, 1.807) is 11.3 Å². The first-order chi connectivity index (χ1) is 7.81. The topological polar surface area (TPSA) is 38.9 Å². The van der Waals surface area contributed by atoms with Gasteiger partial charge >= 0.3 is 0 Å². The molecule has 0 atom stereocenters. The van der Waals surface area contributed by atoms with Gasteiger partial charge in [-0.3, -0.25) is 0 Å². The number of nitrogens with zero attached hydrogens (tertiary/aromatic N) is 1. The summed E-state index contributed by atoms with van der Waals surface area (Å²) in [7, 11) is 0. The number of hydrogen-bond acceptors (Lipinski definition) is 3. The van der Waals surface area contributed by atoms with Crippen molar-refractivity contribution in [3.05, 3.63) is 40.4 Å². The highest BCUT2D eigenvalue weighted by atomic mass is 35.5. The highest BCUT2D eigenvalue weighted by molar-refractivity contribution is 7.13. The van der Waals surface area contributed by atoms with Gasteiger partial charge < -0.3 is 5.73 Å². The summed E-state index contributed by atoms with van der Waals surface area (Å²) in [6.45, 7) is 0.707. The van der Waals surface area contributed by atoms with Crippen molar-refractivity contribution in [2.24, 2.45) is 5.73 Å². The van der Waals surface area contributed by atoms with Crippen molar-refractivity contribution in [3.63, 3.8) is 0 Å². The van der Waals surface area contributed by atoms with Crippen LogP contribution in [0, 0.1) is 0 Å². The fraction of sp³-hybridized carbons (Fsp3) is 0.250. The second-order valence-electron chi connectivity index (χ2n) is 3.52. The summed E-state index contributed by atoms with van der Waals surface area (Å²) in [5.41, 5.74) is 7.58. The van der Waals surface area contributed by atoms with Crippen LogP contribution in [-0.2, 0) is 6.42 Å². The maximum absolute atomic E-state index is 6.12. The fourth-order valence-electron chi connectivity index (χ4n) is 1.46. The summed E-state index contributed by atoms with van der Waals surface area (Å²) in [4.78, 5) is 4.56. The van der Waals surface area contributed by atoms with Crippen LogP contribution in [0.5, 0.6) is 0 Å². The Bertz CT molecular complexity index is 468. The van der Waals surface area contributed by atoms with E-state index in [2.05, 4.69) is 10.4 Å². The van der Waals surface area contributed by atoms with E-state index >= 15 is 0 Å². The van der Waals surface area contributed by atoms with Gasteiger partial charge in [-0.1, -0.05) is 29.8 Å². The molecular weight excluding hydrogens is 240 g/mol. The lowest BCUT2D eigenvalue weighted by atomic mass is 10.2. The zero-order valence-electron chi connectivity index (χ0n) is 8.82. The number of benzene rings is 1. The molecular formula is C12H13ClN2S. The molecule has 4 heteroatoms. The van der Waals surface area contributed by atoms with Gasteiger partial charge in [0.2, 0.25) is 0 Å². The lowest BCUT2D eigenvalue weighted by Gasteiger charge is -1.98. The second kappa shape index (κ2) is 5.43. The summed E-state index contributed by atoms with van der Waals surface area (Å²) in [6, 6.07) is 7.78. The van der Waals surface area contributed by atoms with Crippen LogP contribution in [0.4, 0.5) is 0 Å². The van der Waals surface area contributed by atoms with Crippen molar-refractivity contribution in [2.45, 2.75) is 12.8 Å². The van der Waals surface area contributed by atoms with Crippen molar-refractivity contribution in [3.8, 4) is 10.6 Å². The predicted molar refractivity (Wildman–Crippen MR) is 69.9 cm³/mol. The highest BCUT2D eigenvalue weighted by Crippen LogP contribution is 2.30. The highest BCUT2D eigenvalue weighted by Gasteiger charge is 2.07. The summed E-state index contributed by atoms with van der Waals surface area (Å²) < 4.78 is 0. The molecule has 0 radical (unpaired) electrons. The molecule has 0 aliphatic carbocycles. The number of nitrogens with two attached hydrogens (primary N) is 1. The van der Waals surface area contributed by atoms with Crippen molar-refractivity contribution in [1.29, 1.82) is 0 Å². The van der Waals surface area contributed by atoms with Crippen LogP contribution >= 0.6 is 22.9 Å². The largest absolute Gasteiger partial charge is 0.330 e. The summed E-state index contributed by atoms with van der Waals surface area (Å²) in [5, 5.41) is 3.81. The first-order valence-electron chi connectivity index (χ1n) is 5.20. The first kappa shape index (κ1) is 11.6. The molecule has 1 heterocycles. The molecule has 2 nitrogen and oxygen atoms in total. The number of rotatable bonds is 4. The molecule has 0 unspecified atom stereocenters. The van der Waals surface area contributed by atoms with Gasteiger partial charge in [-0.15, -0.1) is 11.3 Å². The smallest absolute Gasteiger partial charge is 0.125 e. The van der Waals surface area contributed by atoms with Crippen LogP contribution in [0.3, 0.4) is 0 Å². The van der Waals surface area contributed by atoms with Gasteiger partial charge in [0.25, 0.3) is 0 Å². The minimum absolute atomic E-state index is 0.707.